The van der Waals surface area contributed by atoms with Crippen LogP contribution in [0.4, 0.5) is 8.78 Å². The molecule has 2 aromatic rings. The smallest absolute Gasteiger partial charge is 0.162 e. The molecule has 0 aliphatic heterocycles. The largest absolute Gasteiger partial charge is 0.494 e. The third-order valence-electron chi connectivity index (χ3n) is 3.34. The molecule has 2 aromatic carbocycles. The molecular weight excluding hydrogens is 272 g/mol. The minimum absolute atomic E-state index is 0.215. The molecule has 2 nitrogen and oxygen atoms in total. The van der Waals surface area contributed by atoms with Crippen molar-refractivity contribution in [2.24, 2.45) is 5.73 Å². The summed E-state index contributed by atoms with van der Waals surface area (Å²) in [6.45, 7) is 4.37. The van der Waals surface area contributed by atoms with Crippen LogP contribution in [0, 0.1) is 18.6 Å². The Morgan fingerprint density at radius 2 is 1.95 bits per heavy atom. The van der Waals surface area contributed by atoms with E-state index in [0.29, 0.717) is 12.4 Å². The minimum atomic E-state index is -0.853. The Bertz CT molecular complexity index is 628. The van der Waals surface area contributed by atoms with Gasteiger partial charge >= 0.3 is 0 Å². The number of aryl methyl sites for hydroxylation is 1. The Kier molecular flexibility index (Phi) is 4.91. The summed E-state index contributed by atoms with van der Waals surface area (Å²) in [5.74, 6) is -1.00. The van der Waals surface area contributed by atoms with Gasteiger partial charge in [-0.3, -0.25) is 0 Å². The first-order valence-corrected chi connectivity index (χ1v) is 6.94. The molecular formula is C17H19F2NO. The van der Waals surface area contributed by atoms with E-state index < -0.39 is 17.7 Å². The maximum Gasteiger partial charge on any atom is 0.162 e. The van der Waals surface area contributed by atoms with Crippen LogP contribution in [-0.4, -0.2) is 6.61 Å². The second-order valence-corrected chi connectivity index (χ2v) is 5.00. The van der Waals surface area contributed by atoms with E-state index in [4.69, 9.17) is 10.5 Å². The summed E-state index contributed by atoms with van der Waals surface area (Å²) < 4.78 is 32.6. The number of halogens is 2. The molecule has 0 saturated heterocycles. The van der Waals surface area contributed by atoms with Crippen LogP contribution in [-0.2, 0) is 6.42 Å². The van der Waals surface area contributed by atoms with Crippen LogP contribution in [0.2, 0.25) is 0 Å². The first-order chi connectivity index (χ1) is 10.0. The lowest BCUT2D eigenvalue weighted by Crippen LogP contribution is -2.16. The highest BCUT2D eigenvalue weighted by Gasteiger charge is 2.16. The highest BCUT2D eigenvalue weighted by molar-refractivity contribution is 5.40. The van der Waals surface area contributed by atoms with Crippen molar-refractivity contribution in [3.8, 4) is 5.75 Å². The van der Waals surface area contributed by atoms with Gasteiger partial charge in [0.25, 0.3) is 0 Å². The van der Waals surface area contributed by atoms with Crippen molar-refractivity contribution >= 4 is 0 Å². The summed E-state index contributed by atoms with van der Waals surface area (Å²) >= 11 is 0. The molecule has 0 saturated carbocycles. The topological polar surface area (TPSA) is 35.2 Å². The van der Waals surface area contributed by atoms with Crippen LogP contribution in [0.25, 0.3) is 0 Å². The van der Waals surface area contributed by atoms with E-state index in [0.717, 1.165) is 17.2 Å². The van der Waals surface area contributed by atoms with Crippen molar-refractivity contribution < 1.29 is 13.5 Å². The maximum absolute atomic E-state index is 13.7. The van der Waals surface area contributed by atoms with Gasteiger partial charge in [-0.05, 0) is 38.0 Å². The molecule has 1 unspecified atom stereocenters. The zero-order valence-corrected chi connectivity index (χ0v) is 12.2. The zero-order chi connectivity index (χ0) is 15.4. The fraction of sp³-hybridized carbons (Fsp3) is 0.294. The lowest BCUT2D eigenvalue weighted by molar-refractivity contribution is 0.334. The van der Waals surface area contributed by atoms with Gasteiger partial charge in [-0.1, -0.05) is 29.8 Å². The molecule has 2 N–H and O–H groups in total. The fourth-order valence-electron chi connectivity index (χ4n) is 2.30. The SMILES string of the molecule is CCOc1ccc(C)cc1C(N)Cc1cccc(F)c1F. The molecule has 0 aliphatic carbocycles. The van der Waals surface area contributed by atoms with E-state index in [-0.39, 0.29) is 12.0 Å². The van der Waals surface area contributed by atoms with Crippen molar-refractivity contribution in [3.63, 3.8) is 0 Å². The van der Waals surface area contributed by atoms with Gasteiger partial charge in [-0.25, -0.2) is 8.78 Å². The van der Waals surface area contributed by atoms with Crippen LogP contribution in [0.1, 0.15) is 29.7 Å². The molecule has 21 heavy (non-hydrogen) atoms. The average molecular weight is 291 g/mol. The lowest BCUT2D eigenvalue weighted by atomic mass is 9.97. The molecule has 0 fully saturated rings. The first-order valence-electron chi connectivity index (χ1n) is 6.94. The van der Waals surface area contributed by atoms with E-state index >= 15 is 0 Å². The highest BCUT2D eigenvalue weighted by Crippen LogP contribution is 2.28. The summed E-state index contributed by atoms with van der Waals surface area (Å²) in [6, 6.07) is 9.40. The van der Waals surface area contributed by atoms with Crippen molar-refractivity contribution in [3.05, 3.63) is 64.7 Å². The Morgan fingerprint density at radius 3 is 2.67 bits per heavy atom. The fourth-order valence-corrected chi connectivity index (χ4v) is 2.30. The second kappa shape index (κ2) is 6.68. The molecule has 0 heterocycles. The third-order valence-corrected chi connectivity index (χ3v) is 3.34. The van der Waals surface area contributed by atoms with Crippen LogP contribution >= 0.6 is 0 Å². The molecule has 0 bridgehead atoms. The van der Waals surface area contributed by atoms with Crippen LogP contribution < -0.4 is 10.5 Å². The molecule has 4 heteroatoms. The molecule has 112 valence electrons. The molecule has 0 radical (unpaired) electrons. The predicted molar refractivity (Wildman–Crippen MR) is 79.3 cm³/mol. The minimum Gasteiger partial charge on any atom is -0.494 e. The summed E-state index contributed by atoms with van der Waals surface area (Å²) in [5.41, 5.74) is 8.30. The number of hydrogen-bond donors (Lipinski definition) is 1. The van der Waals surface area contributed by atoms with Gasteiger partial charge in [-0.15, -0.1) is 0 Å². The van der Waals surface area contributed by atoms with E-state index in [9.17, 15) is 8.78 Å². The molecule has 0 amide bonds. The van der Waals surface area contributed by atoms with Crippen molar-refractivity contribution in [1.29, 1.82) is 0 Å². The second-order valence-electron chi connectivity index (χ2n) is 5.00. The third kappa shape index (κ3) is 3.58. The lowest BCUT2D eigenvalue weighted by Gasteiger charge is -2.18. The Morgan fingerprint density at radius 1 is 1.19 bits per heavy atom. The Labute approximate surface area is 123 Å². The van der Waals surface area contributed by atoms with Gasteiger partial charge in [0, 0.05) is 11.6 Å². The Balaban J connectivity index is 2.29. The number of nitrogens with two attached hydrogens (primary N) is 1. The molecule has 0 aromatic heterocycles. The van der Waals surface area contributed by atoms with Crippen molar-refractivity contribution in [2.75, 3.05) is 6.61 Å². The quantitative estimate of drug-likeness (QED) is 0.906. The van der Waals surface area contributed by atoms with Gasteiger partial charge in [0.05, 0.1) is 6.61 Å². The molecule has 0 aliphatic rings. The normalized spacial score (nSPS) is 12.2. The average Bonchev–Trinajstić information content (AvgIpc) is 2.46. The van der Waals surface area contributed by atoms with Gasteiger partial charge in [-0.2, -0.15) is 0 Å². The zero-order valence-electron chi connectivity index (χ0n) is 12.2. The van der Waals surface area contributed by atoms with Gasteiger partial charge in [0.2, 0.25) is 0 Å². The van der Waals surface area contributed by atoms with Gasteiger partial charge < -0.3 is 10.5 Å². The number of hydrogen-bond acceptors (Lipinski definition) is 2. The highest BCUT2D eigenvalue weighted by atomic mass is 19.2. The maximum atomic E-state index is 13.7. The van der Waals surface area contributed by atoms with E-state index in [2.05, 4.69) is 0 Å². The number of rotatable bonds is 5. The predicted octanol–water partition coefficient (Wildman–Crippen LogP) is 3.91. The summed E-state index contributed by atoms with van der Waals surface area (Å²) in [4.78, 5) is 0. The number of ether oxygens (including phenoxy) is 1. The van der Waals surface area contributed by atoms with E-state index in [1.54, 1.807) is 6.07 Å². The molecule has 1 atom stereocenters. The number of benzene rings is 2. The van der Waals surface area contributed by atoms with Crippen LogP contribution in [0.5, 0.6) is 5.75 Å². The van der Waals surface area contributed by atoms with Crippen LogP contribution in [0.3, 0.4) is 0 Å². The molecule has 2 rings (SSSR count). The summed E-state index contributed by atoms with van der Waals surface area (Å²) in [5, 5.41) is 0. The standard InChI is InChI=1S/C17H19F2NO/c1-3-21-16-8-7-11(2)9-13(16)15(20)10-12-5-4-6-14(18)17(12)19/h4-9,15H,3,10,20H2,1-2H3. The summed E-state index contributed by atoms with van der Waals surface area (Å²) in [6.07, 6.45) is 0.215. The van der Waals surface area contributed by atoms with Crippen LogP contribution in [0.15, 0.2) is 36.4 Å². The summed E-state index contributed by atoms with van der Waals surface area (Å²) in [7, 11) is 0. The monoisotopic (exact) mass is 291 g/mol. The van der Waals surface area contributed by atoms with Crippen molar-refractivity contribution in [2.45, 2.75) is 26.3 Å². The van der Waals surface area contributed by atoms with E-state index in [1.807, 2.05) is 32.0 Å². The molecule has 0 spiro atoms. The van der Waals surface area contributed by atoms with E-state index in [1.165, 1.54) is 6.07 Å². The van der Waals surface area contributed by atoms with Gasteiger partial charge in [0.15, 0.2) is 11.6 Å². The Hall–Kier alpha value is -1.94. The first kappa shape index (κ1) is 15.4. The van der Waals surface area contributed by atoms with Gasteiger partial charge in [0.1, 0.15) is 5.75 Å². The van der Waals surface area contributed by atoms with Crippen molar-refractivity contribution in [1.82, 2.24) is 0 Å².